The van der Waals surface area contributed by atoms with Crippen molar-refractivity contribution in [3.05, 3.63) is 24.2 Å². The van der Waals surface area contributed by atoms with Gasteiger partial charge >= 0.3 is 0 Å². The highest BCUT2D eigenvalue weighted by Crippen LogP contribution is 2.13. The number of fused-ring (bicyclic) bond motifs is 1. The van der Waals surface area contributed by atoms with Gasteiger partial charge in [-0.15, -0.1) is 0 Å². The van der Waals surface area contributed by atoms with Crippen LogP contribution in [-0.2, 0) is 0 Å². The average Bonchev–Trinajstić information content (AvgIpc) is 2.72. The number of aromatic nitrogens is 3. The summed E-state index contributed by atoms with van der Waals surface area (Å²) >= 11 is 0. The van der Waals surface area contributed by atoms with Crippen LogP contribution in [0.15, 0.2) is 18.5 Å². The van der Waals surface area contributed by atoms with Gasteiger partial charge in [0.1, 0.15) is 0 Å². The Hall–Kier alpha value is -1.91. The molecule has 0 aliphatic rings. The van der Waals surface area contributed by atoms with Crippen molar-refractivity contribution in [2.24, 2.45) is 5.92 Å². The number of aromatic amines is 1. The minimum absolute atomic E-state index is 0.148. The third-order valence-corrected chi connectivity index (χ3v) is 2.59. The molecule has 5 nitrogen and oxygen atoms in total. The molecule has 0 aromatic carbocycles. The molecule has 0 atom stereocenters. The van der Waals surface area contributed by atoms with Crippen LogP contribution in [0.2, 0.25) is 0 Å². The van der Waals surface area contributed by atoms with E-state index in [9.17, 15) is 4.79 Å². The third kappa shape index (κ3) is 2.61. The Kier molecular flexibility index (Phi) is 3.37. The first-order chi connectivity index (χ1) is 8.18. The van der Waals surface area contributed by atoms with E-state index < -0.39 is 0 Å². The van der Waals surface area contributed by atoms with E-state index in [4.69, 9.17) is 0 Å². The average molecular weight is 232 g/mol. The Morgan fingerprint density at radius 1 is 1.53 bits per heavy atom. The lowest BCUT2D eigenvalue weighted by atomic mass is 10.1. The predicted octanol–water partition coefficient (Wildman–Crippen LogP) is 1.73. The van der Waals surface area contributed by atoms with E-state index in [0.29, 0.717) is 18.2 Å². The molecule has 0 aliphatic heterocycles. The van der Waals surface area contributed by atoms with Crippen LogP contribution in [0.3, 0.4) is 0 Å². The molecule has 2 heterocycles. The first kappa shape index (κ1) is 11.6. The molecular formula is C12H16N4O. The lowest BCUT2D eigenvalue weighted by molar-refractivity contribution is 0.0948. The topological polar surface area (TPSA) is 70.7 Å². The standard InChI is InChI=1S/C12H16N4O/c1-8(2)3-6-14-12(17)11-9-7-13-5-4-10(9)15-16-11/h4-5,7-8H,3,6H2,1-2H3,(H,14,17)(H,15,16). The summed E-state index contributed by atoms with van der Waals surface area (Å²) in [5.74, 6) is 0.429. The number of nitrogens with zero attached hydrogens (tertiary/aromatic N) is 2. The Morgan fingerprint density at radius 2 is 2.35 bits per heavy atom. The normalized spacial score (nSPS) is 11.0. The number of rotatable bonds is 4. The summed E-state index contributed by atoms with van der Waals surface area (Å²) in [6.07, 6.45) is 4.28. The zero-order valence-corrected chi connectivity index (χ0v) is 10.0. The van der Waals surface area contributed by atoms with Crippen molar-refractivity contribution in [1.82, 2.24) is 20.5 Å². The molecule has 2 N–H and O–H groups in total. The Bertz CT molecular complexity index is 518. The van der Waals surface area contributed by atoms with Crippen LogP contribution >= 0.6 is 0 Å². The minimum Gasteiger partial charge on any atom is -0.351 e. The van der Waals surface area contributed by atoms with E-state index in [1.54, 1.807) is 18.5 Å². The molecule has 0 saturated heterocycles. The number of pyridine rings is 1. The van der Waals surface area contributed by atoms with Gasteiger partial charge < -0.3 is 5.32 Å². The zero-order chi connectivity index (χ0) is 12.3. The van der Waals surface area contributed by atoms with Crippen molar-refractivity contribution in [3.63, 3.8) is 0 Å². The zero-order valence-electron chi connectivity index (χ0n) is 10.0. The number of carbonyl (C=O) groups is 1. The Morgan fingerprint density at radius 3 is 3.12 bits per heavy atom. The first-order valence-electron chi connectivity index (χ1n) is 5.74. The van der Waals surface area contributed by atoms with E-state index in [1.807, 2.05) is 0 Å². The summed E-state index contributed by atoms with van der Waals surface area (Å²) in [7, 11) is 0. The molecule has 2 rings (SSSR count). The maximum atomic E-state index is 11.9. The monoisotopic (exact) mass is 232 g/mol. The fourth-order valence-electron chi connectivity index (χ4n) is 1.59. The van der Waals surface area contributed by atoms with Gasteiger partial charge in [0.25, 0.3) is 5.91 Å². The molecule has 0 unspecified atom stereocenters. The van der Waals surface area contributed by atoms with Crippen LogP contribution in [-0.4, -0.2) is 27.6 Å². The molecule has 0 spiro atoms. The molecule has 1 amide bonds. The summed E-state index contributed by atoms with van der Waals surface area (Å²) in [5.41, 5.74) is 1.24. The van der Waals surface area contributed by atoms with Gasteiger partial charge in [0.05, 0.1) is 10.9 Å². The van der Waals surface area contributed by atoms with Crippen molar-refractivity contribution in [3.8, 4) is 0 Å². The van der Waals surface area contributed by atoms with Crippen LogP contribution < -0.4 is 5.32 Å². The molecule has 17 heavy (non-hydrogen) atoms. The van der Waals surface area contributed by atoms with Gasteiger partial charge in [0.15, 0.2) is 5.69 Å². The number of hydrogen-bond donors (Lipinski definition) is 2. The van der Waals surface area contributed by atoms with Gasteiger partial charge in [-0.25, -0.2) is 0 Å². The van der Waals surface area contributed by atoms with E-state index in [0.717, 1.165) is 17.3 Å². The van der Waals surface area contributed by atoms with E-state index >= 15 is 0 Å². The molecule has 0 radical (unpaired) electrons. The van der Waals surface area contributed by atoms with Crippen molar-refractivity contribution in [1.29, 1.82) is 0 Å². The van der Waals surface area contributed by atoms with Gasteiger partial charge in [0.2, 0.25) is 0 Å². The highest BCUT2D eigenvalue weighted by atomic mass is 16.1. The lowest BCUT2D eigenvalue weighted by Gasteiger charge is -2.05. The minimum atomic E-state index is -0.148. The quantitative estimate of drug-likeness (QED) is 0.843. The maximum absolute atomic E-state index is 11.9. The summed E-state index contributed by atoms with van der Waals surface area (Å²) in [4.78, 5) is 15.9. The number of amides is 1. The van der Waals surface area contributed by atoms with Gasteiger partial charge in [-0.2, -0.15) is 5.10 Å². The smallest absolute Gasteiger partial charge is 0.272 e. The van der Waals surface area contributed by atoms with Crippen molar-refractivity contribution < 1.29 is 4.79 Å². The summed E-state index contributed by atoms with van der Waals surface area (Å²) in [5, 5.41) is 10.5. The SMILES string of the molecule is CC(C)CCNC(=O)c1n[nH]c2ccncc12. The Balaban J connectivity index is 2.09. The fourth-order valence-corrected chi connectivity index (χ4v) is 1.59. The van der Waals surface area contributed by atoms with E-state index in [2.05, 4.69) is 34.3 Å². The second-order valence-electron chi connectivity index (χ2n) is 4.43. The summed E-state index contributed by atoms with van der Waals surface area (Å²) in [6.45, 7) is 4.92. The maximum Gasteiger partial charge on any atom is 0.272 e. The molecule has 0 aliphatic carbocycles. The summed E-state index contributed by atoms with van der Waals surface area (Å²) in [6, 6.07) is 1.80. The molecule has 2 aromatic rings. The molecule has 2 aromatic heterocycles. The molecular weight excluding hydrogens is 216 g/mol. The van der Waals surface area contributed by atoms with E-state index in [-0.39, 0.29) is 5.91 Å². The Labute approximate surface area is 99.6 Å². The van der Waals surface area contributed by atoms with E-state index in [1.165, 1.54) is 0 Å². The second kappa shape index (κ2) is 4.95. The van der Waals surface area contributed by atoms with Crippen LogP contribution in [0.25, 0.3) is 10.9 Å². The van der Waals surface area contributed by atoms with Gasteiger partial charge in [-0.05, 0) is 18.4 Å². The predicted molar refractivity (Wildman–Crippen MR) is 65.7 cm³/mol. The van der Waals surface area contributed by atoms with Crippen LogP contribution in [0.5, 0.6) is 0 Å². The molecule has 0 bridgehead atoms. The fraction of sp³-hybridized carbons (Fsp3) is 0.417. The van der Waals surface area contributed by atoms with Crippen LogP contribution in [0.1, 0.15) is 30.8 Å². The largest absolute Gasteiger partial charge is 0.351 e. The van der Waals surface area contributed by atoms with Gasteiger partial charge in [-0.1, -0.05) is 13.8 Å². The van der Waals surface area contributed by atoms with Crippen LogP contribution in [0, 0.1) is 5.92 Å². The first-order valence-corrected chi connectivity index (χ1v) is 5.74. The highest BCUT2D eigenvalue weighted by molar-refractivity contribution is 6.04. The van der Waals surface area contributed by atoms with Crippen molar-refractivity contribution in [2.45, 2.75) is 20.3 Å². The molecule has 0 saturated carbocycles. The number of H-pyrrole nitrogens is 1. The molecule has 90 valence electrons. The van der Waals surface area contributed by atoms with Gasteiger partial charge in [-0.3, -0.25) is 14.9 Å². The van der Waals surface area contributed by atoms with Gasteiger partial charge in [0, 0.05) is 18.9 Å². The third-order valence-electron chi connectivity index (χ3n) is 2.59. The van der Waals surface area contributed by atoms with Crippen LogP contribution in [0.4, 0.5) is 0 Å². The highest BCUT2D eigenvalue weighted by Gasteiger charge is 2.13. The second-order valence-corrected chi connectivity index (χ2v) is 4.43. The molecule has 0 fully saturated rings. The molecule has 5 heteroatoms. The number of nitrogens with one attached hydrogen (secondary N) is 2. The lowest BCUT2D eigenvalue weighted by Crippen LogP contribution is -2.25. The number of hydrogen-bond acceptors (Lipinski definition) is 3. The van der Waals surface area contributed by atoms with Crippen molar-refractivity contribution >= 4 is 16.8 Å². The summed E-state index contributed by atoms with van der Waals surface area (Å²) < 4.78 is 0. The number of carbonyl (C=O) groups excluding carboxylic acids is 1. The van der Waals surface area contributed by atoms with Crippen molar-refractivity contribution in [2.75, 3.05) is 6.54 Å².